The van der Waals surface area contributed by atoms with Gasteiger partial charge >= 0.3 is 0 Å². The van der Waals surface area contributed by atoms with Crippen molar-refractivity contribution in [2.75, 3.05) is 0 Å². The molecule has 2 aromatic heterocycles. The van der Waals surface area contributed by atoms with E-state index in [4.69, 9.17) is 9.97 Å². The smallest absolute Gasteiger partial charge is 0.148 e. The van der Waals surface area contributed by atoms with E-state index in [2.05, 4.69) is 132 Å². The fourth-order valence-corrected chi connectivity index (χ4v) is 6.33. The largest absolute Gasteiger partial charge is 0.507 e. The summed E-state index contributed by atoms with van der Waals surface area (Å²) in [5.74, 6) is 0.899. The molecule has 0 saturated carbocycles. The normalized spacial score (nSPS) is 12.0. The maximum atomic E-state index is 11.2. The Bertz CT molecular complexity index is 2290. The molecule has 0 unspecified atom stereocenters. The maximum Gasteiger partial charge on any atom is 0.148 e. The monoisotopic (exact) mass is 809 g/mol. The summed E-state index contributed by atoms with van der Waals surface area (Å²) in [6, 6.07) is 39.1. The van der Waals surface area contributed by atoms with Crippen LogP contribution in [0.5, 0.6) is 5.75 Å². The van der Waals surface area contributed by atoms with Crippen LogP contribution in [-0.2, 0) is 31.9 Å². The third kappa shape index (κ3) is 5.99. The molecule has 0 spiro atoms. The molecular formula is C43H40N3OPt-. The molecule has 48 heavy (non-hydrogen) atoms. The first kappa shape index (κ1) is 33.4. The van der Waals surface area contributed by atoms with Crippen molar-refractivity contribution in [1.82, 2.24) is 14.5 Å². The molecule has 2 heterocycles. The number of rotatable bonds is 4. The predicted octanol–water partition coefficient (Wildman–Crippen LogP) is 11.0. The second kappa shape index (κ2) is 12.5. The fourth-order valence-electron chi connectivity index (χ4n) is 6.33. The van der Waals surface area contributed by atoms with Crippen molar-refractivity contribution >= 4 is 21.9 Å². The van der Waals surface area contributed by atoms with Gasteiger partial charge in [-0.25, -0.2) is 4.98 Å². The Balaban J connectivity index is 0.00000401. The summed E-state index contributed by atoms with van der Waals surface area (Å²) in [7, 11) is 0. The van der Waals surface area contributed by atoms with Crippen molar-refractivity contribution in [2.24, 2.45) is 0 Å². The summed E-state index contributed by atoms with van der Waals surface area (Å²) in [6.45, 7) is 15.4. The van der Waals surface area contributed by atoms with Crippen LogP contribution in [-0.4, -0.2) is 19.6 Å². The van der Waals surface area contributed by atoms with E-state index in [1.54, 1.807) is 6.07 Å². The van der Waals surface area contributed by atoms with E-state index >= 15 is 0 Å². The number of aromatic nitrogens is 3. The van der Waals surface area contributed by atoms with E-state index < -0.39 is 0 Å². The molecule has 0 radical (unpaired) electrons. The van der Waals surface area contributed by atoms with E-state index in [1.165, 1.54) is 16.5 Å². The minimum atomic E-state index is -0.0888. The van der Waals surface area contributed by atoms with Crippen LogP contribution in [0.1, 0.15) is 58.2 Å². The second-order valence-corrected chi connectivity index (χ2v) is 14.5. The molecule has 0 amide bonds. The Morgan fingerprint density at radius 3 is 2.02 bits per heavy atom. The number of hydrogen-bond donors (Lipinski definition) is 1. The minimum Gasteiger partial charge on any atom is -0.507 e. The zero-order valence-electron chi connectivity index (χ0n) is 28.5. The van der Waals surface area contributed by atoms with Gasteiger partial charge in [0.25, 0.3) is 0 Å². The van der Waals surface area contributed by atoms with Crippen LogP contribution in [0, 0.1) is 13.0 Å². The summed E-state index contributed by atoms with van der Waals surface area (Å²) in [5, 5.41) is 12.4. The number of para-hydroxylation sites is 2. The molecule has 0 bridgehead atoms. The molecule has 5 heteroatoms. The number of phenols is 1. The molecule has 0 fully saturated rings. The van der Waals surface area contributed by atoms with Gasteiger partial charge in [0.05, 0.1) is 16.6 Å². The summed E-state index contributed by atoms with van der Waals surface area (Å²) < 4.78 is 2.15. The van der Waals surface area contributed by atoms with Gasteiger partial charge in [-0.3, -0.25) is 9.55 Å². The molecule has 7 aromatic rings. The number of pyridine rings is 1. The Labute approximate surface area is 297 Å². The Morgan fingerprint density at radius 2 is 1.31 bits per heavy atom. The number of imidazole rings is 1. The zero-order valence-corrected chi connectivity index (χ0v) is 30.8. The standard InChI is InChI=1S/C43H40N3O.Pt/c1-27-21-22-44-39-34(27)25-31(43(5,6)7)26-35(39)29-14-11-13-28(23-29)33-17-12-18-37-40(33)45-41(46(37)32-15-9-8-10-16-32)36-24-30(42(2,3)4)19-20-38(36)47;/h8-22,24-26,47H,1-7H3;/q-1;. The van der Waals surface area contributed by atoms with E-state index in [9.17, 15) is 5.11 Å². The second-order valence-electron chi connectivity index (χ2n) is 14.5. The first-order valence-electron chi connectivity index (χ1n) is 16.2. The number of aryl methyl sites for hydroxylation is 1. The third-order valence-corrected chi connectivity index (χ3v) is 9.11. The fraction of sp³-hybridized carbons (Fsp3) is 0.209. The number of nitrogens with zero attached hydrogens (tertiary/aromatic N) is 3. The summed E-state index contributed by atoms with van der Waals surface area (Å²) in [6.07, 6.45) is 1.89. The van der Waals surface area contributed by atoms with Gasteiger partial charge in [0.15, 0.2) is 0 Å². The molecule has 7 rings (SSSR count). The van der Waals surface area contributed by atoms with Crippen molar-refractivity contribution in [3.8, 4) is 45.1 Å². The van der Waals surface area contributed by atoms with Crippen LogP contribution in [0.3, 0.4) is 0 Å². The van der Waals surface area contributed by atoms with Gasteiger partial charge in [0.1, 0.15) is 11.6 Å². The number of phenolic OH excluding ortho intramolecular Hbond substituents is 1. The van der Waals surface area contributed by atoms with Gasteiger partial charge in [0, 0.05) is 38.5 Å². The Morgan fingerprint density at radius 1 is 0.646 bits per heavy atom. The molecule has 0 aliphatic rings. The topological polar surface area (TPSA) is 50.9 Å². The van der Waals surface area contributed by atoms with Gasteiger partial charge in [-0.05, 0) is 76.2 Å². The SMILES string of the molecule is Cc1ccnc2c(-c3[c-]c(-c4cccc5c4nc(-c4cc(C(C)(C)C)ccc4O)n5-c4ccccc4)ccc3)cc(C(C)(C)C)cc12.[Pt]. The molecule has 0 aliphatic carbocycles. The first-order valence-corrected chi connectivity index (χ1v) is 16.2. The molecule has 0 aliphatic heterocycles. The van der Waals surface area contributed by atoms with Crippen LogP contribution in [0.25, 0.3) is 61.3 Å². The van der Waals surface area contributed by atoms with Gasteiger partial charge in [-0.1, -0.05) is 101 Å². The van der Waals surface area contributed by atoms with Crippen LogP contribution < -0.4 is 0 Å². The van der Waals surface area contributed by atoms with Gasteiger partial charge in [-0.15, -0.1) is 35.4 Å². The third-order valence-electron chi connectivity index (χ3n) is 9.11. The number of benzene rings is 5. The van der Waals surface area contributed by atoms with Crippen molar-refractivity contribution in [2.45, 2.75) is 59.3 Å². The average Bonchev–Trinajstić information content (AvgIpc) is 3.44. The number of fused-ring (bicyclic) bond motifs is 2. The van der Waals surface area contributed by atoms with Crippen LogP contribution >= 0.6 is 0 Å². The van der Waals surface area contributed by atoms with Gasteiger partial charge in [0.2, 0.25) is 0 Å². The van der Waals surface area contributed by atoms with E-state index in [0.29, 0.717) is 11.4 Å². The van der Waals surface area contributed by atoms with Crippen molar-refractivity contribution in [3.05, 3.63) is 132 Å². The quantitative estimate of drug-likeness (QED) is 0.180. The molecule has 0 saturated heterocycles. The predicted molar refractivity (Wildman–Crippen MR) is 195 cm³/mol. The zero-order chi connectivity index (χ0) is 33.1. The maximum absolute atomic E-state index is 11.2. The molecule has 5 aromatic carbocycles. The van der Waals surface area contributed by atoms with Crippen LogP contribution in [0.4, 0.5) is 0 Å². The minimum absolute atomic E-state index is 0. The number of aromatic hydroxyl groups is 1. The van der Waals surface area contributed by atoms with Gasteiger partial charge in [-0.2, -0.15) is 0 Å². The summed E-state index contributed by atoms with van der Waals surface area (Å²) >= 11 is 0. The molecular weight excluding hydrogens is 770 g/mol. The van der Waals surface area contributed by atoms with Crippen molar-refractivity contribution in [1.29, 1.82) is 0 Å². The Hall–Kier alpha value is -4.53. The van der Waals surface area contributed by atoms with Crippen LogP contribution in [0.15, 0.2) is 109 Å². The van der Waals surface area contributed by atoms with Crippen molar-refractivity contribution < 1.29 is 26.2 Å². The number of hydrogen-bond acceptors (Lipinski definition) is 3. The Kier molecular flexibility index (Phi) is 8.68. The van der Waals surface area contributed by atoms with E-state index in [-0.39, 0.29) is 37.6 Å². The van der Waals surface area contributed by atoms with E-state index in [1.807, 2.05) is 30.5 Å². The summed E-state index contributed by atoms with van der Waals surface area (Å²) in [5.41, 5.74) is 12.0. The van der Waals surface area contributed by atoms with E-state index in [0.717, 1.165) is 50.1 Å². The summed E-state index contributed by atoms with van der Waals surface area (Å²) in [4.78, 5) is 10.1. The first-order chi connectivity index (χ1) is 22.4. The molecule has 244 valence electrons. The average molecular weight is 810 g/mol. The van der Waals surface area contributed by atoms with Gasteiger partial charge < -0.3 is 5.11 Å². The molecule has 4 nitrogen and oxygen atoms in total. The van der Waals surface area contributed by atoms with Crippen molar-refractivity contribution in [3.63, 3.8) is 0 Å². The van der Waals surface area contributed by atoms with Crippen LogP contribution in [0.2, 0.25) is 0 Å². The molecule has 1 N–H and O–H groups in total. The molecule has 0 atom stereocenters.